The molecule has 8 heteroatoms. The van der Waals surface area contributed by atoms with Crippen LogP contribution < -0.4 is 20.4 Å². The number of ether oxygens (including phenoxy) is 3. The van der Waals surface area contributed by atoms with Crippen LogP contribution in [-0.4, -0.2) is 38.7 Å². The Hall–Kier alpha value is -3.65. The molecule has 1 N–H and O–H groups in total. The Morgan fingerprint density at radius 1 is 1.03 bits per heavy atom. The van der Waals surface area contributed by atoms with E-state index >= 15 is 0 Å². The third kappa shape index (κ3) is 5.45. The summed E-state index contributed by atoms with van der Waals surface area (Å²) in [5.74, 6) is -0.406. The summed E-state index contributed by atoms with van der Waals surface area (Å²) in [6.07, 6.45) is 0. The molecular weight excluding hydrogens is 390 g/mol. The Balaban J connectivity index is 1.66. The van der Waals surface area contributed by atoms with Crippen molar-refractivity contribution in [1.29, 1.82) is 0 Å². The van der Waals surface area contributed by atoms with Gasteiger partial charge in [0, 0.05) is 25.1 Å². The largest absolute Gasteiger partial charge is 0.482 e. The molecule has 2 aromatic carbocycles. The first-order valence-electron chi connectivity index (χ1n) is 9.21. The molecule has 0 aliphatic carbocycles. The van der Waals surface area contributed by atoms with Gasteiger partial charge >= 0.3 is 11.6 Å². The van der Waals surface area contributed by atoms with Gasteiger partial charge in [0.05, 0.1) is 6.61 Å². The number of hydrogen-bond acceptors (Lipinski definition) is 7. The molecule has 3 rings (SSSR count). The van der Waals surface area contributed by atoms with Crippen LogP contribution in [-0.2, 0) is 9.53 Å². The second-order valence-corrected chi connectivity index (χ2v) is 6.47. The average Bonchev–Trinajstić information content (AvgIpc) is 2.73. The van der Waals surface area contributed by atoms with E-state index in [0.29, 0.717) is 17.7 Å². The number of nitrogens with one attached hydrogen (secondary N) is 1. The van der Waals surface area contributed by atoms with Crippen molar-refractivity contribution in [2.45, 2.75) is 6.92 Å². The zero-order valence-electron chi connectivity index (χ0n) is 16.6. The molecule has 0 fully saturated rings. The minimum Gasteiger partial charge on any atom is -0.482 e. The number of carbonyl (C=O) groups excluding carboxylic acids is 2. The smallest absolute Gasteiger partial charge is 0.349 e. The van der Waals surface area contributed by atoms with Crippen LogP contribution in [0.5, 0.6) is 11.5 Å². The fourth-order valence-corrected chi connectivity index (χ4v) is 2.61. The van der Waals surface area contributed by atoms with E-state index in [1.807, 2.05) is 19.1 Å². The second-order valence-electron chi connectivity index (χ2n) is 6.47. The van der Waals surface area contributed by atoms with E-state index in [2.05, 4.69) is 5.32 Å². The van der Waals surface area contributed by atoms with Gasteiger partial charge in [-0.3, -0.25) is 4.79 Å². The van der Waals surface area contributed by atoms with Gasteiger partial charge < -0.3 is 23.9 Å². The van der Waals surface area contributed by atoms with Gasteiger partial charge in [0.2, 0.25) is 0 Å². The van der Waals surface area contributed by atoms with Crippen LogP contribution in [0.1, 0.15) is 15.9 Å². The van der Waals surface area contributed by atoms with Gasteiger partial charge in [-0.15, -0.1) is 0 Å². The Kier molecular flexibility index (Phi) is 6.82. The number of hydrogen-bond donors (Lipinski definition) is 1. The lowest BCUT2D eigenvalue weighted by molar-refractivity contribution is -0.136. The summed E-state index contributed by atoms with van der Waals surface area (Å²) in [5.41, 5.74) is 0.370. The average molecular weight is 411 g/mol. The zero-order valence-corrected chi connectivity index (χ0v) is 16.6. The van der Waals surface area contributed by atoms with Crippen molar-refractivity contribution in [3.63, 3.8) is 0 Å². The highest BCUT2D eigenvalue weighted by molar-refractivity contribution is 5.96. The van der Waals surface area contributed by atoms with Crippen LogP contribution in [0.4, 0.5) is 0 Å². The predicted octanol–water partition coefficient (Wildman–Crippen LogP) is 2.46. The Morgan fingerprint density at radius 3 is 2.50 bits per heavy atom. The quantitative estimate of drug-likeness (QED) is 0.263. The van der Waals surface area contributed by atoms with Crippen molar-refractivity contribution in [3.05, 3.63) is 70.1 Å². The summed E-state index contributed by atoms with van der Waals surface area (Å²) >= 11 is 0. The van der Waals surface area contributed by atoms with Crippen LogP contribution in [0.15, 0.2) is 57.7 Å². The van der Waals surface area contributed by atoms with E-state index in [4.69, 9.17) is 18.6 Å². The molecule has 0 saturated heterocycles. The van der Waals surface area contributed by atoms with Crippen LogP contribution >= 0.6 is 0 Å². The van der Waals surface area contributed by atoms with E-state index < -0.39 is 17.5 Å². The number of benzene rings is 2. The minimum absolute atomic E-state index is 0.116. The monoisotopic (exact) mass is 411 g/mol. The highest BCUT2D eigenvalue weighted by atomic mass is 16.6. The minimum atomic E-state index is -0.788. The summed E-state index contributed by atoms with van der Waals surface area (Å²) in [6.45, 7) is 2.28. The Labute approximate surface area is 172 Å². The molecule has 8 nitrogen and oxygen atoms in total. The molecular formula is C22H21NO7. The molecule has 1 heterocycles. The van der Waals surface area contributed by atoms with E-state index in [0.717, 1.165) is 5.56 Å². The normalized spacial score (nSPS) is 10.6. The molecule has 0 spiro atoms. The van der Waals surface area contributed by atoms with E-state index in [1.165, 1.54) is 19.2 Å². The Morgan fingerprint density at radius 2 is 1.77 bits per heavy atom. The van der Waals surface area contributed by atoms with Gasteiger partial charge in [-0.05, 0) is 37.3 Å². The van der Waals surface area contributed by atoms with Crippen LogP contribution in [0.25, 0.3) is 11.0 Å². The summed E-state index contributed by atoms with van der Waals surface area (Å²) in [7, 11) is 1.51. The van der Waals surface area contributed by atoms with E-state index in [1.54, 1.807) is 24.3 Å². The highest BCUT2D eigenvalue weighted by Gasteiger charge is 2.14. The molecule has 0 saturated carbocycles. The molecule has 0 aliphatic rings. The highest BCUT2D eigenvalue weighted by Crippen LogP contribution is 2.21. The molecule has 0 atom stereocenters. The summed E-state index contributed by atoms with van der Waals surface area (Å²) in [4.78, 5) is 36.3. The number of carbonyl (C=O) groups is 2. The lowest BCUT2D eigenvalue weighted by Crippen LogP contribution is -2.30. The maximum Gasteiger partial charge on any atom is 0.349 e. The van der Waals surface area contributed by atoms with Crippen molar-refractivity contribution < 1.29 is 28.2 Å². The van der Waals surface area contributed by atoms with Crippen LogP contribution in [0.2, 0.25) is 0 Å². The number of aryl methyl sites for hydroxylation is 1. The Bertz CT molecular complexity index is 1100. The number of rotatable bonds is 8. The molecule has 0 aliphatic heterocycles. The first-order valence-corrected chi connectivity index (χ1v) is 9.21. The number of methoxy groups -OCH3 is 1. The molecule has 1 amide bonds. The second kappa shape index (κ2) is 9.71. The first-order chi connectivity index (χ1) is 14.5. The summed E-state index contributed by atoms with van der Waals surface area (Å²) < 4.78 is 20.7. The third-order valence-electron chi connectivity index (χ3n) is 4.15. The molecule has 0 unspecified atom stereocenters. The number of fused-ring (bicyclic) bond motifs is 1. The topological polar surface area (TPSA) is 104 Å². The van der Waals surface area contributed by atoms with Gasteiger partial charge in [-0.25, -0.2) is 9.59 Å². The van der Waals surface area contributed by atoms with Crippen molar-refractivity contribution in [2.24, 2.45) is 0 Å². The van der Waals surface area contributed by atoms with Gasteiger partial charge in [0.1, 0.15) is 22.6 Å². The van der Waals surface area contributed by atoms with Crippen molar-refractivity contribution >= 4 is 22.8 Å². The lowest BCUT2D eigenvalue weighted by atomic mass is 10.1. The number of amides is 1. The molecule has 0 bridgehead atoms. The van der Waals surface area contributed by atoms with Crippen LogP contribution in [0, 0.1) is 6.92 Å². The summed E-state index contributed by atoms with van der Waals surface area (Å²) in [5, 5.41) is 3.08. The first kappa shape index (κ1) is 21.1. The van der Waals surface area contributed by atoms with Crippen molar-refractivity contribution in [2.75, 3.05) is 26.9 Å². The molecule has 0 radical (unpaired) electrons. The fourth-order valence-electron chi connectivity index (χ4n) is 2.61. The third-order valence-corrected chi connectivity index (χ3v) is 4.15. The molecule has 156 valence electrons. The lowest BCUT2D eigenvalue weighted by Gasteiger charge is -2.08. The maximum atomic E-state index is 12.1. The standard InChI is InChI=1S/C22H21NO7/c1-14-3-6-16(7-4-14)28-13-20(24)29-17-8-5-15-11-18(21(25)23-9-10-27-2)22(26)30-19(15)12-17/h3-8,11-12H,9-10,13H2,1-2H3,(H,23,25). The SMILES string of the molecule is COCCNC(=O)c1cc2ccc(OC(=O)COc3ccc(C)cc3)cc2oc1=O. The fraction of sp³-hybridized carbons (Fsp3) is 0.227. The molecule has 30 heavy (non-hydrogen) atoms. The maximum absolute atomic E-state index is 12.1. The van der Waals surface area contributed by atoms with E-state index in [9.17, 15) is 14.4 Å². The summed E-state index contributed by atoms with van der Waals surface area (Å²) in [6, 6.07) is 13.2. The van der Waals surface area contributed by atoms with Gasteiger partial charge in [-0.1, -0.05) is 17.7 Å². The van der Waals surface area contributed by atoms with Crippen LogP contribution in [0.3, 0.4) is 0 Å². The molecule has 1 aromatic heterocycles. The predicted molar refractivity (Wildman–Crippen MR) is 109 cm³/mol. The van der Waals surface area contributed by atoms with Gasteiger partial charge in [0.15, 0.2) is 6.61 Å². The number of esters is 1. The molecule has 3 aromatic rings. The van der Waals surface area contributed by atoms with Gasteiger partial charge in [-0.2, -0.15) is 0 Å². The van der Waals surface area contributed by atoms with E-state index in [-0.39, 0.29) is 30.0 Å². The van der Waals surface area contributed by atoms with Gasteiger partial charge in [0.25, 0.3) is 5.91 Å². The van der Waals surface area contributed by atoms with Crippen molar-refractivity contribution in [1.82, 2.24) is 5.32 Å². The zero-order chi connectivity index (χ0) is 21.5. The van der Waals surface area contributed by atoms with Crippen molar-refractivity contribution in [3.8, 4) is 11.5 Å².